The smallest absolute Gasteiger partial charge is 0.416 e. The summed E-state index contributed by atoms with van der Waals surface area (Å²) in [5.41, 5.74) is -1.63. The molecule has 0 aliphatic rings. The Labute approximate surface area is 193 Å². The molecule has 4 rings (SSSR count). The molecule has 3 N–H and O–H groups in total. The van der Waals surface area contributed by atoms with E-state index in [2.05, 4.69) is 20.4 Å². The highest BCUT2D eigenvalue weighted by atomic mass is 19.4. The van der Waals surface area contributed by atoms with Gasteiger partial charge >= 0.3 is 12.1 Å². The van der Waals surface area contributed by atoms with Crippen LogP contribution in [0.25, 0.3) is 11.4 Å². The molecule has 13 heteroatoms. The summed E-state index contributed by atoms with van der Waals surface area (Å²) in [6.07, 6.45) is -4.58. The third-order valence-electron chi connectivity index (χ3n) is 5.13. The topological polar surface area (TPSA) is 138 Å². The number of hydrogen-bond acceptors (Lipinski definition) is 5. The van der Waals surface area contributed by atoms with Crippen molar-refractivity contribution >= 4 is 17.3 Å². The van der Waals surface area contributed by atoms with Gasteiger partial charge in [-0.1, -0.05) is 6.07 Å². The lowest BCUT2D eigenvalue weighted by Crippen LogP contribution is -2.15. The quantitative estimate of drug-likeness (QED) is 0.360. The van der Waals surface area contributed by atoms with Crippen molar-refractivity contribution in [2.24, 2.45) is 10.2 Å². The lowest BCUT2D eigenvalue weighted by atomic mass is 10.2. The van der Waals surface area contributed by atoms with Crippen LogP contribution in [0, 0.1) is 13.8 Å². The zero-order valence-corrected chi connectivity index (χ0v) is 18.2. The Morgan fingerprint density at radius 1 is 0.857 bits per heavy atom. The Hall–Kier alpha value is -4.68. The number of azo groups is 1. The molecule has 180 valence electrons. The number of halogens is 3. The molecule has 2 heterocycles. The fourth-order valence-corrected chi connectivity index (χ4v) is 3.35. The summed E-state index contributed by atoms with van der Waals surface area (Å²) in [5, 5.41) is 22.3. The number of carbonyl (C=O) groups is 1. The van der Waals surface area contributed by atoms with E-state index in [-0.39, 0.29) is 28.3 Å². The minimum atomic E-state index is -4.58. The Bertz CT molecular complexity index is 1570. The maximum absolute atomic E-state index is 13.0. The highest BCUT2D eigenvalue weighted by Crippen LogP contribution is 2.30. The van der Waals surface area contributed by atoms with E-state index in [4.69, 9.17) is 5.11 Å². The minimum Gasteiger partial charge on any atom is -0.478 e. The number of carboxylic acids is 1. The lowest BCUT2D eigenvalue weighted by molar-refractivity contribution is -0.137. The average Bonchev–Trinajstić information content (AvgIpc) is 3.26. The van der Waals surface area contributed by atoms with E-state index in [0.717, 1.165) is 21.5 Å². The first kappa shape index (κ1) is 23.5. The molecule has 10 nitrogen and oxygen atoms in total. The van der Waals surface area contributed by atoms with Crippen LogP contribution in [0.4, 0.5) is 24.5 Å². The van der Waals surface area contributed by atoms with Crippen molar-refractivity contribution in [3.63, 3.8) is 0 Å². The molecule has 0 bridgehead atoms. The van der Waals surface area contributed by atoms with Crippen molar-refractivity contribution in [1.82, 2.24) is 19.6 Å². The van der Waals surface area contributed by atoms with Crippen LogP contribution in [0.2, 0.25) is 0 Å². The molecule has 4 aromatic rings. The van der Waals surface area contributed by atoms with E-state index in [1.54, 1.807) is 6.92 Å². The van der Waals surface area contributed by atoms with Gasteiger partial charge in [-0.3, -0.25) is 19.8 Å². The average molecular weight is 486 g/mol. The number of aromatic nitrogens is 4. The van der Waals surface area contributed by atoms with Crippen LogP contribution in [0.1, 0.15) is 27.3 Å². The van der Waals surface area contributed by atoms with Crippen LogP contribution in [-0.2, 0) is 6.18 Å². The van der Waals surface area contributed by atoms with Crippen molar-refractivity contribution in [3.8, 4) is 11.4 Å². The predicted octanol–water partition coefficient (Wildman–Crippen LogP) is 4.39. The number of aromatic carboxylic acids is 1. The van der Waals surface area contributed by atoms with E-state index in [1.807, 2.05) is 0 Å². The van der Waals surface area contributed by atoms with Crippen molar-refractivity contribution in [3.05, 3.63) is 91.8 Å². The van der Waals surface area contributed by atoms with Gasteiger partial charge in [-0.05, 0) is 56.3 Å². The number of nitrogens with one attached hydrogen (secondary N) is 2. The zero-order chi connectivity index (χ0) is 25.5. The molecule has 0 aliphatic carbocycles. The number of alkyl halides is 3. The molecule has 0 unspecified atom stereocenters. The Balaban J connectivity index is 1.69. The fourth-order valence-electron chi connectivity index (χ4n) is 3.35. The Morgan fingerprint density at radius 2 is 1.37 bits per heavy atom. The van der Waals surface area contributed by atoms with Gasteiger partial charge in [0.25, 0.3) is 11.1 Å². The van der Waals surface area contributed by atoms with Crippen LogP contribution in [0.3, 0.4) is 0 Å². The summed E-state index contributed by atoms with van der Waals surface area (Å²) < 4.78 is 41.2. The number of hydrogen-bond donors (Lipinski definition) is 3. The maximum Gasteiger partial charge on any atom is 0.416 e. The van der Waals surface area contributed by atoms with E-state index in [1.165, 1.54) is 43.3 Å². The minimum absolute atomic E-state index is 0.0423. The summed E-state index contributed by atoms with van der Waals surface area (Å²) in [6.45, 7) is 3.05. The number of benzene rings is 2. The van der Waals surface area contributed by atoms with E-state index >= 15 is 0 Å². The molecule has 35 heavy (non-hydrogen) atoms. The number of H-pyrrole nitrogens is 2. The zero-order valence-electron chi connectivity index (χ0n) is 18.2. The second kappa shape index (κ2) is 8.59. The first-order valence-corrected chi connectivity index (χ1v) is 10.0. The second-order valence-corrected chi connectivity index (χ2v) is 7.55. The van der Waals surface area contributed by atoms with Crippen LogP contribution < -0.4 is 11.1 Å². The van der Waals surface area contributed by atoms with Crippen LogP contribution in [0.5, 0.6) is 0 Å². The normalized spacial score (nSPS) is 11.9. The third-order valence-corrected chi connectivity index (χ3v) is 5.13. The van der Waals surface area contributed by atoms with Crippen molar-refractivity contribution < 1.29 is 23.1 Å². The summed E-state index contributed by atoms with van der Waals surface area (Å²) in [7, 11) is 0. The van der Waals surface area contributed by atoms with Gasteiger partial charge in [-0.25, -0.2) is 14.2 Å². The fraction of sp³-hybridized carbons (Fsp3) is 0.136. The number of rotatable bonds is 5. The highest BCUT2D eigenvalue weighted by molar-refractivity contribution is 5.87. The van der Waals surface area contributed by atoms with E-state index < -0.39 is 28.8 Å². The summed E-state index contributed by atoms with van der Waals surface area (Å²) >= 11 is 0. The number of carboxylic acid groups (broad SMARTS) is 1. The first-order chi connectivity index (χ1) is 16.5. The van der Waals surface area contributed by atoms with Crippen LogP contribution >= 0.6 is 0 Å². The molecule has 0 saturated carbocycles. The lowest BCUT2D eigenvalue weighted by Gasteiger charge is -2.08. The van der Waals surface area contributed by atoms with E-state index in [0.29, 0.717) is 11.4 Å². The van der Waals surface area contributed by atoms with Gasteiger partial charge in [0, 0.05) is 0 Å². The van der Waals surface area contributed by atoms with E-state index in [9.17, 15) is 27.6 Å². The summed E-state index contributed by atoms with van der Waals surface area (Å²) in [6, 6.07) is 9.76. The molecular formula is C22H17F3N6O4. The number of aromatic amines is 2. The summed E-state index contributed by atoms with van der Waals surface area (Å²) in [4.78, 5) is 36.7. The first-order valence-electron chi connectivity index (χ1n) is 10.0. The molecule has 2 aromatic carbocycles. The molecule has 2 aromatic heterocycles. The molecule has 0 amide bonds. The van der Waals surface area contributed by atoms with Crippen LogP contribution in [0.15, 0.2) is 68.3 Å². The van der Waals surface area contributed by atoms with Gasteiger partial charge < -0.3 is 5.11 Å². The maximum atomic E-state index is 13.0. The molecular weight excluding hydrogens is 469 g/mol. The molecule has 0 radical (unpaired) electrons. The molecule has 0 fully saturated rings. The van der Waals surface area contributed by atoms with Gasteiger partial charge in [0.1, 0.15) is 0 Å². The molecule has 0 spiro atoms. The highest BCUT2D eigenvalue weighted by Gasteiger charge is 2.30. The summed E-state index contributed by atoms with van der Waals surface area (Å²) in [5.74, 6) is -1.11. The number of aryl methyl sites for hydroxylation is 2. The van der Waals surface area contributed by atoms with Crippen molar-refractivity contribution in [2.45, 2.75) is 20.0 Å². The molecule has 0 aliphatic heterocycles. The van der Waals surface area contributed by atoms with Gasteiger partial charge in [-0.2, -0.15) is 13.2 Å². The Morgan fingerprint density at radius 3 is 1.86 bits per heavy atom. The SMILES string of the molecule is Cc1[nH]n(-c2ccc(C(=O)O)cc2)c(=O)c1N=Nc1c(C)[nH]n(-c2cccc(C(F)(F)F)c2)c1=O. The van der Waals surface area contributed by atoms with Gasteiger partial charge in [0.05, 0.1) is 33.9 Å². The largest absolute Gasteiger partial charge is 0.478 e. The van der Waals surface area contributed by atoms with Crippen molar-refractivity contribution in [2.75, 3.05) is 0 Å². The third kappa shape index (κ3) is 4.43. The van der Waals surface area contributed by atoms with Gasteiger partial charge in [0.2, 0.25) is 0 Å². The molecule has 0 atom stereocenters. The van der Waals surface area contributed by atoms with Gasteiger partial charge in [0.15, 0.2) is 11.4 Å². The van der Waals surface area contributed by atoms with Gasteiger partial charge in [-0.15, -0.1) is 10.2 Å². The molecule has 0 saturated heterocycles. The Kier molecular flexibility index (Phi) is 5.76. The standard InChI is InChI=1S/C22H17F3N6O4/c1-11-17(19(32)30(28-11)15-8-6-13(7-9-15)21(34)35)26-27-18-12(2)29-31(20(18)33)16-5-3-4-14(10-16)22(23,24)25/h3-10,28-29H,1-2H3,(H,34,35). The second-order valence-electron chi connectivity index (χ2n) is 7.55. The van der Waals surface area contributed by atoms with Crippen molar-refractivity contribution in [1.29, 1.82) is 0 Å². The van der Waals surface area contributed by atoms with Crippen LogP contribution in [-0.4, -0.2) is 30.6 Å². The number of nitrogens with zero attached hydrogens (tertiary/aromatic N) is 4. The predicted molar refractivity (Wildman–Crippen MR) is 118 cm³/mol. The monoisotopic (exact) mass is 486 g/mol.